The van der Waals surface area contributed by atoms with Gasteiger partial charge in [0.1, 0.15) is 12.2 Å². The standard InChI is InChI=1S/C50H95NO5S2/c1-4-6-8-20-32-47(55-49(53)36-34-44-26-14-10-15-27-44)42-57-40-24-12-18-30-46(51(3)38-22-23-39-52)31-19-13-25-41-58-43-48(33-21-9-7-5-2)56-50(54)37-35-45-28-16-11-17-29-45/h44-48,52H,4-43H2,1-3H3/i3D3. The Balaban J connectivity index is 1.78. The van der Waals surface area contributed by atoms with E-state index in [9.17, 15) is 14.7 Å². The van der Waals surface area contributed by atoms with Crippen molar-refractivity contribution in [3.05, 3.63) is 0 Å². The van der Waals surface area contributed by atoms with Crippen LogP contribution in [0.2, 0.25) is 0 Å². The van der Waals surface area contributed by atoms with E-state index >= 15 is 0 Å². The van der Waals surface area contributed by atoms with Gasteiger partial charge in [-0.2, -0.15) is 23.5 Å². The molecule has 6 nitrogen and oxygen atoms in total. The molecule has 0 aromatic heterocycles. The maximum atomic E-state index is 12.8. The molecule has 0 aliphatic heterocycles. The van der Waals surface area contributed by atoms with E-state index in [2.05, 4.69) is 13.8 Å². The van der Waals surface area contributed by atoms with Gasteiger partial charge in [0.15, 0.2) is 0 Å². The molecule has 342 valence electrons. The summed E-state index contributed by atoms with van der Waals surface area (Å²) in [6.07, 6.45) is 36.9. The fourth-order valence-corrected chi connectivity index (χ4v) is 11.2. The van der Waals surface area contributed by atoms with Crippen LogP contribution in [0.15, 0.2) is 0 Å². The molecule has 2 aliphatic rings. The average Bonchev–Trinajstić information content (AvgIpc) is 3.25. The number of ether oxygens (including phenoxy) is 2. The minimum absolute atomic E-state index is 0.00505. The van der Waals surface area contributed by atoms with Gasteiger partial charge in [-0.15, -0.1) is 0 Å². The zero-order valence-corrected chi connectivity index (χ0v) is 39.6. The molecule has 0 saturated heterocycles. The van der Waals surface area contributed by atoms with Crippen molar-refractivity contribution < 1.29 is 28.3 Å². The molecule has 0 spiro atoms. The average molecular weight is 857 g/mol. The Morgan fingerprint density at radius 2 is 1.05 bits per heavy atom. The first-order valence-corrected chi connectivity index (χ1v) is 27.4. The number of thioether (sulfide) groups is 2. The maximum absolute atomic E-state index is 12.8. The maximum Gasteiger partial charge on any atom is 0.306 e. The Morgan fingerprint density at radius 1 is 0.603 bits per heavy atom. The number of nitrogens with zero attached hydrogens (tertiary/aromatic N) is 1. The van der Waals surface area contributed by atoms with Crippen LogP contribution >= 0.6 is 23.5 Å². The summed E-state index contributed by atoms with van der Waals surface area (Å²) in [6.45, 7) is 2.89. The van der Waals surface area contributed by atoms with E-state index in [0.717, 1.165) is 113 Å². The summed E-state index contributed by atoms with van der Waals surface area (Å²) in [5.41, 5.74) is 0. The largest absolute Gasteiger partial charge is 0.461 e. The van der Waals surface area contributed by atoms with Crippen LogP contribution in [0.3, 0.4) is 0 Å². The van der Waals surface area contributed by atoms with E-state index in [0.29, 0.717) is 44.1 Å². The topological polar surface area (TPSA) is 76.1 Å². The van der Waals surface area contributed by atoms with E-state index in [-0.39, 0.29) is 36.8 Å². The summed E-state index contributed by atoms with van der Waals surface area (Å²) in [4.78, 5) is 27.4. The Morgan fingerprint density at radius 3 is 1.48 bits per heavy atom. The minimum Gasteiger partial charge on any atom is -0.461 e. The number of carbonyl (C=O) groups excluding carboxylic acids is 2. The number of hydrogen-bond acceptors (Lipinski definition) is 8. The van der Waals surface area contributed by atoms with Crippen molar-refractivity contribution in [1.29, 1.82) is 0 Å². The van der Waals surface area contributed by atoms with Crippen LogP contribution in [0, 0.1) is 11.8 Å². The Bertz CT molecular complexity index is 977. The molecule has 2 fully saturated rings. The van der Waals surface area contributed by atoms with Crippen molar-refractivity contribution in [2.75, 3.05) is 43.1 Å². The second-order valence-corrected chi connectivity index (χ2v) is 20.4. The lowest BCUT2D eigenvalue weighted by molar-refractivity contribution is -0.149. The van der Waals surface area contributed by atoms with Gasteiger partial charge < -0.3 is 19.5 Å². The van der Waals surface area contributed by atoms with Crippen molar-refractivity contribution in [2.24, 2.45) is 11.8 Å². The predicted molar refractivity (Wildman–Crippen MR) is 253 cm³/mol. The van der Waals surface area contributed by atoms with Crippen molar-refractivity contribution >= 4 is 35.5 Å². The summed E-state index contributed by atoms with van der Waals surface area (Å²) in [5.74, 6) is 5.18. The Kier molecular flexibility index (Phi) is 32.0. The molecule has 58 heavy (non-hydrogen) atoms. The quantitative estimate of drug-likeness (QED) is 0.0484. The molecule has 0 bridgehead atoms. The third kappa shape index (κ3) is 29.8. The first kappa shape index (κ1) is 48.6. The fraction of sp³-hybridized carbons (Fsp3) is 0.960. The molecule has 0 aromatic rings. The van der Waals surface area contributed by atoms with Crippen molar-refractivity contribution in [2.45, 2.75) is 250 Å². The predicted octanol–water partition coefficient (Wildman–Crippen LogP) is 14.1. The number of esters is 2. The molecular weight excluding hydrogens is 759 g/mol. The highest BCUT2D eigenvalue weighted by atomic mass is 32.2. The van der Waals surface area contributed by atoms with Gasteiger partial charge in [0.2, 0.25) is 0 Å². The lowest BCUT2D eigenvalue weighted by atomic mass is 9.86. The normalized spacial score (nSPS) is 18.0. The van der Waals surface area contributed by atoms with Crippen LogP contribution in [0.4, 0.5) is 0 Å². The molecule has 8 heteroatoms. The highest BCUT2D eigenvalue weighted by molar-refractivity contribution is 7.99. The van der Waals surface area contributed by atoms with E-state index in [1.54, 1.807) is 4.90 Å². The zero-order chi connectivity index (χ0) is 44.2. The number of hydrogen-bond donors (Lipinski definition) is 1. The molecule has 2 rings (SSSR count). The minimum atomic E-state index is -2.15. The van der Waals surface area contributed by atoms with Crippen LogP contribution in [0.25, 0.3) is 0 Å². The van der Waals surface area contributed by atoms with Crippen molar-refractivity contribution in [1.82, 2.24) is 4.90 Å². The van der Waals surface area contributed by atoms with Crippen LogP contribution in [-0.4, -0.2) is 83.3 Å². The SMILES string of the molecule is [2H]C([2H])([2H])N(CCCCO)C(CCCCCSCC(CCCCCC)OC(=O)CCC1CCCCC1)CCCCCSCC(CCCCCC)OC(=O)CCC1CCCCC1. The second-order valence-electron chi connectivity index (χ2n) is 18.1. The molecule has 0 radical (unpaired) electrons. The summed E-state index contributed by atoms with van der Waals surface area (Å²) in [6, 6.07) is 0.00699. The lowest BCUT2D eigenvalue weighted by Gasteiger charge is -2.28. The molecular formula is C50H95NO5S2. The number of unbranched alkanes of at least 4 members (excludes halogenated alkanes) is 11. The summed E-state index contributed by atoms with van der Waals surface area (Å²) in [7, 11) is 0. The highest BCUT2D eigenvalue weighted by Crippen LogP contribution is 2.29. The van der Waals surface area contributed by atoms with Crippen LogP contribution in [-0.2, 0) is 19.1 Å². The van der Waals surface area contributed by atoms with Gasteiger partial charge in [-0.1, -0.05) is 142 Å². The summed E-state index contributed by atoms with van der Waals surface area (Å²) < 4.78 is 37.3. The number of rotatable bonds is 39. The van der Waals surface area contributed by atoms with E-state index in [4.69, 9.17) is 13.6 Å². The van der Waals surface area contributed by atoms with Gasteiger partial charge in [0.25, 0.3) is 0 Å². The molecule has 0 amide bonds. The Labute approximate surface area is 372 Å². The van der Waals surface area contributed by atoms with E-state index < -0.39 is 6.98 Å². The van der Waals surface area contributed by atoms with E-state index in [1.165, 1.54) is 103 Å². The summed E-state index contributed by atoms with van der Waals surface area (Å²) >= 11 is 3.82. The van der Waals surface area contributed by atoms with Gasteiger partial charge in [-0.3, -0.25) is 9.59 Å². The lowest BCUT2D eigenvalue weighted by Crippen LogP contribution is -2.32. The van der Waals surface area contributed by atoms with Crippen molar-refractivity contribution in [3.63, 3.8) is 0 Å². The molecule has 2 atom stereocenters. The third-order valence-electron chi connectivity index (χ3n) is 12.8. The number of aliphatic hydroxyl groups is 1. The molecule has 2 unspecified atom stereocenters. The van der Waals surface area contributed by atoms with Gasteiger partial charge in [0, 0.05) is 41.1 Å². The smallest absolute Gasteiger partial charge is 0.306 e. The second kappa shape index (κ2) is 38.3. The first-order chi connectivity index (χ1) is 29.7. The molecule has 0 heterocycles. The van der Waals surface area contributed by atoms with Gasteiger partial charge in [0.05, 0.1) is 0 Å². The van der Waals surface area contributed by atoms with Gasteiger partial charge >= 0.3 is 11.9 Å². The molecule has 1 N–H and O–H groups in total. The van der Waals surface area contributed by atoms with Crippen LogP contribution in [0.5, 0.6) is 0 Å². The third-order valence-corrected chi connectivity index (χ3v) is 15.2. The Hall–Kier alpha value is -0.440. The number of carbonyl (C=O) groups is 2. The van der Waals surface area contributed by atoms with Crippen LogP contribution in [0.1, 0.15) is 236 Å². The fourth-order valence-electron chi connectivity index (χ4n) is 9.02. The number of aliphatic hydroxyl groups excluding tert-OH is 1. The summed E-state index contributed by atoms with van der Waals surface area (Å²) in [5, 5.41) is 9.43. The molecule has 2 aliphatic carbocycles. The monoisotopic (exact) mass is 857 g/mol. The molecule has 2 saturated carbocycles. The van der Waals surface area contributed by atoms with Crippen molar-refractivity contribution in [3.8, 4) is 0 Å². The van der Waals surface area contributed by atoms with Crippen LogP contribution < -0.4 is 0 Å². The van der Waals surface area contributed by atoms with E-state index in [1.807, 2.05) is 23.5 Å². The van der Waals surface area contributed by atoms with Gasteiger partial charge in [-0.05, 0) is 114 Å². The highest BCUT2D eigenvalue weighted by Gasteiger charge is 2.21. The zero-order valence-electron chi connectivity index (χ0n) is 41.0. The van der Waals surface area contributed by atoms with Gasteiger partial charge in [-0.25, -0.2) is 0 Å². The molecule has 0 aromatic carbocycles. The first-order valence-electron chi connectivity index (χ1n) is 26.6.